The van der Waals surface area contributed by atoms with Crippen molar-refractivity contribution in [3.05, 3.63) is 47.9 Å². The van der Waals surface area contributed by atoms with Gasteiger partial charge in [0.2, 0.25) is 0 Å². The summed E-state index contributed by atoms with van der Waals surface area (Å²) in [4.78, 5) is 8.15. The van der Waals surface area contributed by atoms with Crippen LogP contribution in [0.3, 0.4) is 0 Å². The zero-order valence-corrected chi connectivity index (χ0v) is 8.58. The second kappa shape index (κ2) is 5.06. The minimum atomic E-state index is 0.517. The third-order valence-electron chi connectivity index (χ3n) is 2.11. The molecule has 0 fully saturated rings. The highest BCUT2D eigenvalue weighted by Gasteiger charge is 2.02. The predicted octanol–water partition coefficient (Wildman–Crippen LogP) is 1.66. The standard InChI is InChI=1S/C11H11N3O2/c15-13-7-10-8-16-11(14-10)4-3-9-2-1-5-12-6-9/h1-2,5-8,15H,3-4H2. The lowest BCUT2D eigenvalue weighted by atomic mass is 10.1. The number of oxazole rings is 1. The van der Waals surface area contributed by atoms with Crippen molar-refractivity contribution < 1.29 is 9.62 Å². The first-order chi connectivity index (χ1) is 7.88. The topological polar surface area (TPSA) is 71.5 Å². The Hall–Kier alpha value is -2.17. The third-order valence-corrected chi connectivity index (χ3v) is 2.11. The van der Waals surface area contributed by atoms with E-state index in [2.05, 4.69) is 15.1 Å². The van der Waals surface area contributed by atoms with Crippen molar-refractivity contribution in [1.29, 1.82) is 0 Å². The highest BCUT2D eigenvalue weighted by molar-refractivity contribution is 5.75. The van der Waals surface area contributed by atoms with E-state index in [0.717, 1.165) is 12.0 Å². The lowest BCUT2D eigenvalue weighted by molar-refractivity contribution is 0.321. The molecule has 1 N–H and O–H groups in total. The van der Waals surface area contributed by atoms with E-state index in [1.54, 1.807) is 6.20 Å². The average molecular weight is 217 g/mol. The summed E-state index contributed by atoms with van der Waals surface area (Å²) in [6.45, 7) is 0. The maximum atomic E-state index is 8.32. The van der Waals surface area contributed by atoms with Gasteiger partial charge in [-0.2, -0.15) is 0 Å². The zero-order chi connectivity index (χ0) is 11.2. The molecule has 2 aromatic heterocycles. The summed E-state index contributed by atoms with van der Waals surface area (Å²) in [5.41, 5.74) is 1.65. The van der Waals surface area contributed by atoms with Crippen molar-refractivity contribution in [2.45, 2.75) is 12.8 Å². The molecule has 2 heterocycles. The first kappa shape index (κ1) is 10.4. The number of hydrogen-bond acceptors (Lipinski definition) is 5. The number of aryl methyl sites for hydroxylation is 2. The number of rotatable bonds is 4. The van der Waals surface area contributed by atoms with Crippen molar-refractivity contribution >= 4 is 6.21 Å². The lowest BCUT2D eigenvalue weighted by Crippen LogP contribution is -1.92. The maximum Gasteiger partial charge on any atom is 0.194 e. The number of hydrogen-bond donors (Lipinski definition) is 1. The van der Waals surface area contributed by atoms with E-state index in [4.69, 9.17) is 9.62 Å². The van der Waals surface area contributed by atoms with Crippen LogP contribution in [0.1, 0.15) is 17.1 Å². The molecule has 0 aromatic carbocycles. The van der Waals surface area contributed by atoms with Gasteiger partial charge in [0, 0.05) is 18.8 Å². The molecular formula is C11H11N3O2. The third kappa shape index (κ3) is 2.66. The van der Waals surface area contributed by atoms with Gasteiger partial charge in [0.15, 0.2) is 5.89 Å². The molecule has 0 saturated carbocycles. The monoisotopic (exact) mass is 217 g/mol. The van der Waals surface area contributed by atoms with Crippen LogP contribution in [-0.4, -0.2) is 21.4 Å². The fraction of sp³-hybridized carbons (Fsp3) is 0.182. The molecule has 2 aromatic rings. The van der Waals surface area contributed by atoms with E-state index in [1.165, 1.54) is 12.5 Å². The van der Waals surface area contributed by atoms with Gasteiger partial charge in [0.05, 0.1) is 6.21 Å². The minimum absolute atomic E-state index is 0.517. The van der Waals surface area contributed by atoms with E-state index >= 15 is 0 Å². The zero-order valence-electron chi connectivity index (χ0n) is 8.58. The summed E-state index contributed by atoms with van der Waals surface area (Å²) in [6.07, 6.45) is 7.77. The fourth-order valence-corrected chi connectivity index (χ4v) is 1.36. The summed E-state index contributed by atoms with van der Waals surface area (Å²) in [6, 6.07) is 3.90. The van der Waals surface area contributed by atoms with Gasteiger partial charge in [-0.05, 0) is 18.1 Å². The van der Waals surface area contributed by atoms with Crippen LogP contribution in [0.4, 0.5) is 0 Å². The normalized spacial score (nSPS) is 11.0. The van der Waals surface area contributed by atoms with E-state index in [0.29, 0.717) is 18.0 Å². The quantitative estimate of drug-likeness (QED) is 0.480. The lowest BCUT2D eigenvalue weighted by Gasteiger charge is -1.96. The first-order valence-corrected chi connectivity index (χ1v) is 4.89. The van der Waals surface area contributed by atoms with Gasteiger partial charge in [0.25, 0.3) is 0 Å². The summed E-state index contributed by atoms with van der Waals surface area (Å²) >= 11 is 0. The summed E-state index contributed by atoms with van der Waals surface area (Å²) < 4.78 is 5.21. The number of pyridine rings is 1. The molecule has 0 aliphatic heterocycles. The van der Waals surface area contributed by atoms with Crippen LogP contribution in [0.5, 0.6) is 0 Å². The smallest absolute Gasteiger partial charge is 0.194 e. The van der Waals surface area contributed by atoms with Gasteiger partial charge < -0.3 is 9.62 Å². The largest absolute Gasteiger partial charge is 0.448 e. The van der Waals surface area contributed by atoms with Gasteiger partial charge in [-0.3, -0.25) is 4.98 Å². The van der Waals surface area contributed by atoms with Crippen LogP contribution in [0.25, 0.3) is 0 Å². The van der Waals surface area contributed by atoms with Crippen LogP contribution in [0.15, 0.2) is 40.4 Å². The molecule has 5 nitrogen and oxygen atoms in total. The Labute approximate surface area is 92.5 Å². The van der Waals surface area contributed by atoms with Crippen LogP contribution >= 0.6 is 0 Å². The van der Waals surface area contributed by atoms with Gasteiger partial charge in [-0.1, -0.05) is 11.2 Å². The molecule has 5 heteroatoms. The molecule has 2 rings (SSSR count). The molecular weight excluding hydrogens is 206 g/mol. The highest BCUT2D eigenvalue weighted by atomic mass is 16.4. The van der Waals surface area contributed by atoms with Crippen molar-refractivity contribution in [2.75, 3.05) is 0 Å². The van der Waals surface area contributed by atoms with Crippen molar-refractivity contribution in [3.63, 3.8) is 0 Å². The Morgan fingerprint density at radius 2 is 2.38 bits per heavy atom. The number of aromatic nitrogens is 2. The fourth-order valence-electron chi connectivity index (χ4n) is 1.36. The SMILES string of the molecule is ON=Cc1coc(CCc2cccnc2)n1. The van der Waals surface area contributed by atoms with E-state index in [9.17, 15) is 0 Å². The molecule has 0 atom stereocenters. The summed E-state index contributed by atoms with van der Waals surface area (Å²) in [5, 5.41) is 11.2. The second-order valence-electron chi connectivity index (χ2n) is 3.27. The van der Waals surface area contributed by atoms with Crippen molar-refractivity contribution in [3.8, 4) is 0 Å². The second-order valence-corrected chi connectivity index (χ2v) is 3.27. The summed E-state index contributed by atoms with van der Waals surface area (Å²) in [5.74, 6) is 0.624. The molecule has 0 unspecified atom stereocenters. The van der Waals surface area contributed by atoms with E-state index < -0.39 is 0 Å². The highest BCUT2D eigenvalue weighted by Crippen LogP contribution is 2.05. The van der Waals surface area contributed by atoms with Gasteiger partial charge >= 0.3 is 0 Å². The Bertz CT molecular complexity index is 465. The molecule has 0 aliphatic carbocycles. The molecule has 0 amide bonds. The molecule has 0 radical (unpaired) electrons. The molecule has 0 saturated heterocycles. The molecule has 0 bridgehead atoms. The molecule has 16 heavy (non-hydrogen) atoms. The van der Waals surface area contributed by atoms with Crippen LogP contribution in [0.2, 0.25) is 0 Å². The van der Waals surface area contributed by atoms with Crippen molar-refractivity contribution in [2.24, 2.45) is 5.16 Å². The van der Waals surface area contributed by atoms with Gasteiger partial charge in [0.1, 0.15) is 12.0 Å². The Morgan fingerprint density at radius 3 is 3.12 bits per heavy atom. The van der Waals surface area contributed by atoms with E-state index in [1.807, 2.05) is 18.3 Å². The molecule has 82 valence electrons. The predicted molar refractivity (Wildman–Crippen MR) is 57.5 cm³/mol. The average Bonchev–Trinajstić information content (AvgIpc) is 2.76. The Kier molecular flexibility index (Phi) is 3.28. The Balaban J connectivity index is 1.94. The number of nitrogens with zero attached hydrogens (tertiary/aromatic N) is 3. The minimum Gasteiger partial charge on any atom is -0.448 e. The van der Waals surface area contributed by atoms with E-state index in [-0.39, 0.29) is 0 Å². The number of oxime groups is 1. The van der Waals surface area contributed by atoms with Crippen LogP contribution in [-0.2, 0) is 12.8 Å². The maximum absolute atomic E-state index is 8.32. The Morgan fingerprint density at radius 1 is 1.44 bits per heavy atom. The van der Waals surface area contributed by atoms with Gasteiger partial charge in [-0.15, -0.1) is 0 Å². The molecule has 0 aliphatic rings. The van der Waals surface area contributed by atoms with Crippen molar-refractivity contribution in [1.82, 2.24) is 9.97 Å². The van der Waals surface area contributed by atoms with Crippen LogP contribution < -0.4 is 0 Å². The van der Waals surface area contributed by atoms with Gasteiger partial charge in [-0.25, -0.2) is 4.98 Å². The first-order valence-electron chi connectivity index (χ1n) is 4.89. The molecule has 0 spiro atoms. The summed E-state index contributed by atoms with van der Waals surface area (Å²) in [7, 11) is 0. The van der Waals surface area contributed by atoms with Crippen LogP contribution in [0, 0.1) is 0 Å².